The van der Waals surface area contributed by atoms with E-state index in [1.807, 2.05) is 34.3 Å². The Morgan fingerprint density at radius 2 is 1.31 bits per heavy atom. The van der Waals surface area contributed by atoms with Gasteiger partial charge in [-0.05, 0) is 66.0 Å². The Balaban J connectivity index is 1.01. The van der Waals surface area contributed by atoms with E-state index in [0.717, 1.165) is 83.2 Å². The molecule has 2 fully saturated rings. The maximum absolute atomic E-state index is 13.8. The van der Waals surface area contributed by atoms with Crippen molar-refractivity contribution in [2.75, 3.05) is 18.4 Å². The van der Waals surface area contributed by atoms with Crippen LogP contribution in [0.3, 0.4) is 0 Å². The number of nitrogens with zero attached hydrogens (tertiary/aromatic N) is 5. The monoisotopic (exact) mass is 655 g/mol. The summed E-state index contributed by atoms with van der Waals surface area (Å²) < 4.78 is 0. The van der Waals surface area contributed by atoms with Gasteiger partial charge in [0.2, 0.25) is 11.8 Å². The molecule has 3 N–H and O–H groups in total. The standard InChI is InChI=1S/C39H43N8O2/c1-4-35(48)46-20-6-9-33(46)37-41-23-31(44-37)28-15-11-26(12-16-28)27-13-17-29(18-14-27)32-24-42-38(45-32)34-10-7-21-47(34)39(49)36(25(2)3)43-30-8-5-19-40-22-30/h4-5,8,11-19,22-25,33-34,36,43H,6-7,9-10,20-21H2,1-3H3,(H,41,44)(H,42,45)/t33-,34-,36-/m0/s1. The predicted octanol–water partition coefficient (Wildman–Crippen LogP) is 7.22. The quantitative estimate of drug-likeness (QED) is 0.146. The molecule has 7 rings (SSSR count). The first-order valence-corrected chi connectivity index (χ1v) is 17.3. The molecule has 10 nitrogen and oxygen atoms in total. The number of carbonyl (C=O) groups excluding carboxylic acids is 2. The van der Waals surface area contributed by atoms with Gasteiger partial charge in [-0.25, -0.2) is 9.97 Å². The van der Waals surface area contributed by atoms with E-state index in [1.54, 1.807) is 25.7 Å². The highest BCUT2D eigenvalue weighted by atomic mass is 16.2. The lowest BCUT2D eigenvalue weighted by molar-refractivity contribution is -0.134. The number of imidazole rings is 2. The number of benzene rings is 2. The van der Waals surface area contributed by atoms with Gasteiger partial charge in [-0.2, -0.15) is 0 Å². The zero-order chi connectivity index (χ0) is 33.9. The van der Waals surface area contributed by atoms with Crippen LogP contribution >= 0.6 is 0 Å². The number of anilines is 1. The molecule has 0 aliphatic carbocycles. The lowest BCUT2D eigenvalue weighted by Gasteiger charge is -2.30. The number of aromatic amines is 2. The number of hydrogen-bond acceptors (Lipinski definition) is 6. The Hall–Kier alpha value is -5.25. The molecule has 10 heteroatoms. The van der Waals surface area contributed by atoms with Crippen LogP contribution in [0.4, 0.5) is 5.69 Å². The molecule has 3 aromatic heterocycles. The fraction of sp³-hybridized carbons (Fsp3) is 0.333. The Morgan fingerprint density at radius 1 is 0.776 bits per heavy atom. The summed E-state index contributed by atoms with van der Waals surface area (Å²) in [5.74, 6) is 1.92. The molecule has 0 spiro atoms. The first-order chi connectivity index (χ1) is 23.9. The third kappa shape index (κ3) is 6.72. The van der Waals surface area contributed by atoms with E-state index in [2.05, 4.69) is 87.6 Å². The van der Waals surface area contributed by atoms with E-state index in [9.17, 15) is 9.59 Å². The van der Waals surface area contributed by atoms with Crippen molar-refractivity contribution in [3.8, 4) is 33.6 Å². The van der Waals surface area contributed by atoms with Crippen molar-refractivity contribution in [2.24, 2.45) is 5.92 Å². The zero-order valence-electron chi connectivity index (χ0n) is 28.3. The van der Waals surface area contributed by atoms with Gasteiger partial charge in [0.15, 0.2) is 0 Å². The highest BCUT2D eigenvalue weighted by Crippen LogP contribution is 2.35. The number of amides is 2. The number of hydrogen-bond donors (Lipinski definition) is 3. The first-order valence-electron chi connectivity index (χ1n) is 17.3. The van der Waals surface area contributed by atoms with E-state index in [1.165, 1.54) is 0 Å². The average Bonchev–Trinajstić information content (AvgIpc) is 3.97. The minimum atomic E-state index is -0.350. The molecule has 49 heavy (non-hydrogen) atoms. The summed E-state index contributed by atoms with van der Waals surface area (Å²) >= 11 is 0. The van der Waals surface area contributed by atoms with Crippen molar-refractivity contribution in [3.05, 3.63) is 104 Å². The predicted molar refractivity (Wildman–Crippen MR) is 191 cm³/mol. The van der Waals surface area contributed by atoms with E-state index in [4.69, 9.17) is 4.98 Å². The van der Waals surface area contributed by atoms with Gasteiger partial charge >= 0.3 is 0 Å². The van der Waals surface area contributed by atoms with Gasteiger partial charge in [-0.3, -0.25) is 14.6 Å². The van der Waals surface area contributed by atoms with Crippen LogP contribution in [0, 0.1) is 12.3 Å². The minimum Gasteiger partial charge on any atom is -0.372 e. The number of carbonyl (C=O) groups is 2. The van der Waals surface area contributed by atoms with E-state index >= 15 is 0 Å². The molecular weight excluding hydrogens is 612 g/mol. The Bertz CT molecular complexity index is 1880. The van der Waals surface area contributed by atoms with Crippen LogP contribution in [0.1, 0.15) is 70.2 Å². The second-order valence-corrected chi connectivity index (χ2v) is 13.3. The molecule has 2 amide bonds. The van der Waals surface area contributed by atoms with Crippen LogP contribution < -0.4 is 5.32 Å². The van der Waals surface area contributed by atoms with E-state index in [0.29, 0.717) is 6.54 Å². The second-order valence-electron chi connectivity index (χ2n) is 13.3. The molecule has 2 aliphatic rings. The van der Waals surface area contributed by atoms with Gasteiger partial charge in [0.05, 0.1) is 41.6 Å². The van der Waals surface area contributed by atoms with Gasteiger partial charge in [-0.15, -0.1) is 0 Å². The van der Waals surface area contributed by atoms with Crippen LogP contribution in [0.25, 0.3) is 33.6 Å². The normalized spacial score (nSPS) is 18.3. The van der Waals surface area contributed by atoms with Crippen LogP contribution in [0.5, 0.6) is 0 Å². The zero-order valence-corrected chi connectivity index (χ0v) is 28.3. The van der Waals surface area contributed by atoms with Gasteiger partial charge < -0.3 is 25.1 Å². The summed E-state index contributed by atoms with van der Waals surface area (Å²) in [4.78, 5) is 50.6. The highest BCUT2D eigenvalue weighted by molar-refractivity contribution is 5.86. The number of H-pyrrole nitrogens is 2. The minimum absolute atomic E-state index is 0.00167. The van der Waals surface area contributed by atoms with Crippen LogP contribution in [-0.4, -0.2) is 65.7 Å². The third-order valence-corrected chi connectivity index (χ3v) is 9.78. The molecule has 3 atom stereocenters. The number of pyridine rings is 1. The highest BCUT2D eigenvalue weighted by Gasteiger charge is 2.37. The molecule has 0 unspecified atom stereocenters. The third-order valence-electron chi connectivity index (χ3n) is 9.78. The molecule has 2 aliphatic heterocycles. The lowest BCUT2D eigenvalue weighted by atomic mass is 10.0. The second kappa shape index (κ2) is 14.1. The van der Waals surface area contributed by atoms with Crippen LogP contribution in [0.2, 0.25) is 0 Å². The van der Waals surface area contributed by atoms with Crippen LogP contribution in [0.15, 0.2) is 85.5 Å². The summed E-state index contributed by atoms with van der Waals surface area (Å²) in [5.41, 5.74) is 7.04. The average molecular weight is 656 g/mol. The molecule has 1 radical (unpaired) electrons. The van der Waals surface area contributed by atoms with Crippen molar-refractivity contribution in [3.63, 3.8) is 0 Å². The maximum atomic E-state index is 13.8. The summed E-state index contributed by atoms with van der Waals surface area (Å²) in [6.07, 6.45) is 12.6. The fourth-order valence-electron chi connectivity index (χ4n) is 7.11. The number of rotatable bonds is 10. The van der Waals surface area contributed by atoms with Gasteiger partial charge in [0.1, 0.15) is 17.7 Å². The lowest BCUT2D eigenvalue weighted by Crippen LogP contribution is -2.45. The van der Waals surface area contributed by atoms with E-state index < -0.39 is 0 Å². The molecular formula is C39H43N8O2. The van der Waals surface area contributed by atoms with Crippen molar-refractivity contribution in [1.82, 2.24) is 34.7 Å². The topological polar surface area (TPSA) is 123 Å². The van der Waals surface area contributed by atoms with Crippen molar-refractivity contribution in [2.45, 2.75) is 64.6 Å². The molecule has 0 saturated carbocycles. The van der Waals surface area contributed by atoms with Gasteiger partial charge in [0.25, 0.3) is 0 Å². The van der Waals surface area contributed by atoms with Crippen molar-refractivity contribution >= 4 is 17.5 Å². The summed E-state index contributed by atoms with van der Waals surface area (Å²) in [5, 5.41) is 3.40. The molecule has 251 valence electrons. The first kappa shape index (κ1) is 32.3. The SMILES string of the molecule is C[CH]C(=O)N1CCC[C@H]1c1ncc(-c2ccc(-c3ccc(-c4cnc([C@@H]5CCCN5C(=O)[C@@H](Nc5cccnc5)C(C)C)[nH]4)cc3)cc2)[nH]1. The summed E-state index contributed by atoms with van der Waals surface area (Å²) in [7, 11) is 0. The van der Waals surface area contributed by atoms with Gasteiger partial charge in [0, 0.05) is 31.9 Å². The van der Waals surface area contributed by atoms with Crippen LogP contribution in [-0.2, 0) is 9.59 Å². The fourth-order valence-corrected chi connectivity index (χ4v) is 7.11. The number of nitrogens with one attached hydrogen (secondary N) is 3. The number of likely N-dealkylation sites (tertiary alicyclic amines) is 2. The Labute approximate surface area is 287 Å². The number of aromatic nitrogens is 5. The van der Waals surface area contributed by atoms with E-state index in [-0.39, 0.29) is 35.9 Å². The summed E-state index contributed by atoms with van der Waals surface area (Å²) in [6.45, 7) is 7.40. The smallest absolute Gasteiger partial charge is 0.245 e. The molecule has 0 bridgehead atoms. The molecule has 5 heterocycles. The summed E-state index contributed by atoms with van der Waals surface area (Å²) in [6, 6.07) is 20.3. The van der Waals surface area contributed by atoms with Crippen molar-refractivity contribution < 1.29 is 9.59 Å². The molecule has 2 saturated heterocycles. The van der Waals surface area contributed by atoms with Gasteiger partial charge in [-0.1, -0.05) is 69.3 Å². The molecule has 2 aromatic carbocycles. The molecule has 5 aromatic rings. The van der Waals surface area contributed by atoms with Crippen molar-refractivity contribution in [1.29, 1.82) is 0 Å². The largest absolute Gasteiger partial charge is 0.372 e. The Kier molecular flexibility index (Phi) is 9.28. The Morgan fingerprint density at radius 3 is 1.82 bits per heavy atom. The maximum Gasteiger partial charge on any atom is 0.245 e.